The van der Waals surface area contributed by atoms with Crippen molar-refractivity contribution in [3.8, 4) is 0 Å². The minimum atomic E-state index is -0.250. The van der Waals surface area contributed by atoms with Crippen LogP contribution in [0.3, 0.4) is 0 Å². The topological polar surface area (TPSA) is 75.9 Å². The molecule has 1 aliphatic heterocycles. The van der Waals surface area contributed by atoms with Crippen LogP contribution in [-0.4, -0.2) is 51.8 Å². The van der Waals surface area contributed by atoms with E-state index in [-0.39, 0.29) is 11.5 Å². The number of nitrogens with one attached hydrogen (secondary N) is 1. The quantitative estimate of drug-likeness (QED) is 0.475. The Kier molecular flexibility index (Phi) is 5.40. The smallest absolute Gasteiger partial charge is 0.267 e. The van der Waals surface area contributed by atoms with Crippen LogP contribution in [-0.2, 0) is 9.53 Å². The van der Waals surface area contributed by atoms with E-state index in [0.717, 1.165) is 5.56 Å². The number of ether oxygens (including phenoxy) is 1. The number of hydrogen-bond donors (Lipinski definition) is 1. The Labute approximate surface area is 160 Å². The number of thiocarbonyl (C=S) groups is 1. The van der Waals surface area contributed by atoms with Gasteiger partial charge in [-0.2, -0.15) is 0 Å². The first-order valence-corrected chi connectivity index (χ1v) is 9.13. The van der Waals surface area contributed by atoms with E-state index in [2.05, 4.69) is 10.3 Å². The number of nitrogens with zero attached hydrogens (tertiary/aromatic N) is 3. The summed E-state index contributed by atoms with van der Waals surface area (Å²) in [5.41, 5.74) is 1.52. The summed E-state index contributed by atoms with van der Waals surface area (Å²) >= 11 is 6.33. The molecule has 1 amide bonds. The number of carbonyl (C=O) groups excluding carboxylic acids is 1. The van der Waals surface area contributed by atoms with E-state index in [1.165, 1.54) is 21.1 Å². The summed E-state index contributed by atoms with van der Waals surface area (Å²) in [4.78, 5) is 31.7. The van der Waals surface area contributed by atoms with E-state index < -0.39 is 0 Å². The van der Waals surface area contributed by atoms with Gasteiger partial charge in [0.2, 0.25) is 0 Å². The molecular weight excluding hydrogens is 372 g/mol. The highest BCUT2D eigenvalue weighted by Crippen LogP contribution is 2.31. The van der Waals surface area contributed by atoms with Crippen molar-refractivity contribution < 1.29 is 9.53 Å². The lowest BCUT2D eigenvalue weighted by atomic mass is 10.2. The third-order valence-corrected chi connectivity index (χ3v) is 5.43. The summed E-state index contributed by atoms with van der Waals surface area (Å²) in [5, 5.41) is 3.12. The van der Waals surface area contributed by atoms with Crippen molar-refractivity contribution in [1.29, 1.82) is 0 Å². The van der Waals surface area contributed by atoms with Gasteiger partial charge in [-0.1, -0.05) is 30.0 Å². The van der Waals surface area contributed by atoms with E-state index in [0.29, 0.717) is 39.4 Å². The Hall–Kier alpha value is -2.23. The van der Waals surface area contributed by atoms with E-state index in [1.54, 1.807) is 32.5 Å². The van der Waals surface area contributed by atoms with Crippen LogP contribution < -0.4 is 10.9 Å². The number of methoxy groups -OCH3 is 1. The highest BCUT2D eigenvalue weighted by atomic mass is 32.2. The van der Waals surface area contributed by atoms with Gasteiger partial charge in [0.05, 0.1) is 17.1 Å². The Morgan fingerprint density at radius 1 is 1.42 bits per heavy atom. The molecule has 1 N–H and O–H groups in total. The molecule has 1 fully saturated rings. The first-order valence-electron chi connectivity index (χ1n) is 7.90. The number of likely N-dealkylation sites (N-methyl/N-ethyl adjacent to an activating group) is 1. The standard InChI is InChI=1S/C17H18N4O3S2/c1-10-5-4-7-21-14(10)19-13(18-6-8-24-3)11(15(21)22)9-12-16(23)20(2)17(25)26-12/h4-5,7,9,18H,6,8H2,1-3H3. The molecule has 0 saturated carbocycles. The van der Waals surface area contributed by atoms with Gasteiger partial charge in [-0.3, -0.25) is 18.9 Å². The van der Waals surface area contributed by atoms with Crippen molar-refractivity contribution in [3.05, 3.63) is 44.7 Å². The number of anilines is 1. The molecule has 3 heterocycles. The fourth-order valence-electron chi connectivity index (χ4n) is 2.52. The van der Waals surface area contributed by atoms with Gasteiger partial charge in [-0.15, -0.1) is 0 Å². The lowest BCUT2D eigenvalue weighted by Gasteiger charge is -2.12. The summed E-state index contributed by atoms with van der Waals surface area (Å²) in [7, 11) is 3.22. The molecule has 136 valence electrons. The molecule has 0 bridgehead atoms. The second-order valence-electron chi connectivity index (χ2n) is 5.72. The number of amides is 1. The van der Waals surface area contributed by atoms with Crippen LogP contribution in [0.5, 0.6) is 0 Å². The maximum Gasteiger partial charge on any atom is 0.267 e. The van der Waals surface area contributed by atoms with E-state index in [4.69, 9.17) is 17.0 Å². The molecule has 0 aliphatic carbocycles. The molecule has 0 unspecified atom stereocenters. The highest BCUT2D eigenvalue weighted by Gasteiger charge is 2.29. The van der Waals surface area contributed by atoms with Crippen molar-refractivity contribution in [2.24, 2.45) is 0 Å². The largest absolute Gasteiger partial charge is 0.383 e. The average molecular weight is 390 g/mol. The third kappa shape index (κ3) is 3.37. The number of aromatic nitrogens is 2. The van der Waals surface area contributed by atoms with Crippen LogP contribution >= 0.6 is 24.0 Å². The summed E-state index contributed by atoms with van der Waals surface area (Å²) in [6.45, 7) is 2.84. The van der Waals surface area contributed by atoms with Gasteiger partial charge in [0, 0.05) is 26.9 Å². The fraction of sp³-hybridized carbons (Fsp3) is 0.294. The predicted octanol–water partition coefficient (Wildman–Crippen LogP) is 1.89. The minimum absolute atomic E-state index is 0.225. The second-order valence-corrected chi connectivity index (χ2v) is 7.40. The number of rotatable bonds is 5. The molecule has 9 heteroatoms. The molecule has 0 radical (unpaired) electrons. The molecule has 1 saturated heterocycles. The maximum atomic E-state index is 13.0. The summed E-state index contributed by atoms with van der Waals surface area (Å²) in [6.07, 6.45) is 3.22. The highest BCUT2D eigenvalue weighted by molar-refractivity contribution is 8.26. The zero-order chi connectivity index (χ0) is 18.8. The molecule has 1 aliphatic rings. The van der Waals surface area contributed by atoms with Crippen LogP contribution in [0, 0.1) is 6.92 Å². The normalized spacial score (nSPS) is 16.1. The Morgan fingerprint density at radius 3 is 2.85 bits per heavy atom. The number of carbonyl (C=O) groups is 1. The zero-order valence-corrected chi connectivity index (χ0v) is 16.2. The summed E-state index contributed by atoms with van der Waals surface area (Å²) in [6, 6.07) is 3.68. The van der Waals surface area contributed by atoms with E-state index >= 15 is 0 Å². The monoisotopic (exact) mass is 390 g/mol. The van der Waals surface area contributed by atoms with Gasteiger partial charge in [0.1, 0.15) is 15.8 Å². The van der Waals surface area contributed by atoms with Crippen LogP contribution in [0.15, 0.2) is 28.0 Å². The summed E-state index contributed by atoms with van der Waals surface area (Å²) < 4.78 is 6.99. The first-order chi connectivity index (χ1) is 12.4. The van der Waals surface area contributed by atoms with Crippen LogP contribution in [0.25, 0.3) is 11.7 Å². The lowest BCUT2D eigenvalue weighted by Crippen LogP contribution is -2.24. The lowest BCUT2D eigenvalue weighted by molar-refractivity contribution is -0.121. The van der Waals surface area contributed by atoms with Gasteiger partial charge in [0.25, 0.3) is 11.5 Å². The number of fused-ring (bicyclic) bond motifs is 1. The molecule has 26 heavy (non-hydrogen) atoms. The summed E-state index contributed by atoms with van der Waals surface area (Å²) in [5.74, 6) is 0.194. The Morgan fingerprint density at radius 2 is 2.19 bits per heavy atom. The molecule has 0 atom stereocenters. The SMILES string of the molecule is COCCNc1nc2c(C)cccn2c(=O)c1C=C1SC(=S)N(C)C1=O. The van der Waals surface area contributed by atoms with Crippen molar-refractivity contribution in [2.75, 3.05) is 32.6 Å². The zero-order valence-electron chi connectivity index (χ0n) is 14.6. The molecule has 3 rings (SSSR count). The maximum absolute atomic E-state index is 13.0. The first kappa shape index (κ1) is 18.6. The molecule has 7 nitrogen and oxygen atoms in total. The van der Waals surface area contributed by atoms with Crippen LogP contribution in [0.2, 0.25) is 0 Å². The minimum Gasteiger partial charge on any atom is -0.383 e. The van der Waals surface area contributed by atoms with Crippen molar-refractivity contribution in [3.63, 3.8) is 0 Å². The number of pyridine rings is 1. The van der Waals surface area contributed by atoms with Crippen molar-refractivity contribution in [1.82, 2.24) is 14.3 Å². The predicted molar refractivity (Wildman–Crippen MR) is 108 cm³/mol. The number of thioether (sulfide) groups is 1. The third-order valence-electron chi connectivity index (χ3n) is 3.94. The van der Waals surface area contributed by atoms with Gasteiger partial charge < -0.3 is 10.1 Å². The molecule has 2 aromatic heterocycles. The van der Waals surface area contributed by atoms with Gasteiger partial charge in [0.15, 0.2) is 0 Å². The van der Waals surface area contributed by atoms with Crippen LogP contribution in [0.1, 0.15) is 11.1 Å². The number of aryl methyl sites for hydroxylation is 1. The average Bonchev–Trinajstić information content (AvgIpc) is 2.86. The number of hydrogen-bond acceptors (Lipinski definition) is 7. The van der Waals surface area contributed by atoms with Gasteiger partial charge in [-0.05, 0) is 24.6 Å². The second kappa shape index (κ2) is 7.56. The van der Waals surface area contributed by atoms with Crippen molar-refractivity contribution in [2.45, 2.75) is 6.92 Å². The fourth-order valence-corrected chi connectivity index (χ4v) is 3.69. The van der Waals surface area contributed by atoms with Crippen LogP contribution in [0.4, 0.5) is 5.82 Å². The molecular formula is C17H18N4O3S2. The molecule has 2 aromatic rings. The van der Waals surface area contributed by atoms with E-state index in [9.17, 15) is 9.59 Å². The molecule has 0 aromatic carbocycles. The van der Waals surface area contributed by atoms with Gasteiger partial charge in [-0.25, -0.2) is 4.98 Å². The Bertz CT molecular complexity index is 984. The van der Waals surface area contributed by atoms with E-state index in [1.807, 2.05) is 13.0 Å². The van der Waals surface area contributed by atoms with Crippen molar-refractivity contribution >= 4 is 51.7 Å². The van der Waals surface area contributed by atoms with Gasteiger partial charge >= 0.3 is 0 Å². The Balaban J connectivity index is 2.17. The molecule has 0 spiro atoms.